The first-order valence-corrected chi connectivity index (χ1v) is 6.32. The Morgan fingerprint density at radius 3 is 2.00 bits per heavy atom. The van der Waals surface area contributed by atoms with Crippen LogP contribution in [-0.2, 0) is 9.59 Å². The minimum absolute atomic E-state index is 0.123. The molecule has 0 bridgehead atoms. The summed E-state index contributed by atoms with van der Waals surface area (Å²) in [5.41, 5.74) is -3.28. The van der Waals surface area contributed by atoms with Crippen molar-refractivity contribution >= 4 is 11.9 Å². The summed E-state index contributed by atoms with van der Waals surface area (Å²) in [6, 6.07) is 0. The number of nitrogens with one attached hydrogen (secondary N) is 1. The molecule has 0 aromatic carbocycles. The van der Waals surface area contributed by atoms with E-state index in [4.69, 9.17) is 0 Å². The van der Waals surface area contributed by atoms with Crippen LogP contribution >= 0.6 is 0 Å². The smallest absolute Gasteiger partial charge is 0.411 e. The van der Waals surface area contributed by atoms with E-state index in [9.17, 15) is 27.9 Å². The van der Waals surface area contributed by atoms with Gasteiger partial charge in [-0.15, -0.1) is 0 Å². The predicted octanol–water partition coefficient (Wildman–Crippen LogP) is 2.23. The molecule has 2 saturated carbocycles. The van der Waals surface area contributed by atoms with Crippen LogP contribution in [0.4, 0.5) is 13.2 Å². The third kappa shape index (κ3) is 2.55. The van der Waals surface area contributed by atoms with E-state index in [-0.39, 0.29) is 19.3 Å². The molecule has 2 aliphatic carbocycles. The number of carboxylic acids is 1. The summed E-state index contributed by atoms with van der Waals surface area (Å²) >= 11 is 0. The highest BCUT2D eigenvalue weighted by Crippen LogP contribution is 2.49. The van der Waals surface area contributed by atoms with Gasteiger partial charge in [0.25, 0.3) is 0 Å². The van der Waals surface area contributed by atoms with E-state index in [1.54, 1.807) is 0 Å². The van der Waals surface area contributed by atoms with Crippen LogP contribution in [0.15, 0.2) is 0 Å². The van der Waals surface area contributed by atoms with Gasteiger partial charge >= 0.3 is 12.1 Å². The normalized spacial score (nSPS) is 23.9. The Bertz CT molecular complexity index is 396. The topological polar surface area (TPSA) is 66.4 Å². The number of halogens is 3. The summed E-state index contributed by atoms with van der Waals surface area (Å²) in [4.78, 5) is 23.0. The number of carbonyl (C=O) groups is 2. The Hall–Kier alpha value is -1.27. The highest BCUT2D eigenvalue weighted by molar-refractivity contribution is 5.85. The number of amides is 1. The third-order valence-electron chi connectivity index (χ3n) is 4.18. The molecule has 2 rings (SSSR count). The summed E-state index contributed by atoms with van der Waals surface area (Å²) in [6.45, 7) is 0. The zero-order chi connectivity index (χ0) is 14.3. The number of rotatable bonds is 4. The van der Waals surface area contributed by atoms with Crippen LogP contribution in [0.2, 0.25) is 0 Å². The molecule has 7 heteroatoms. The molecule has 108 valence electrons. The van der Waals surface area contributed by atoms with Crippen molar-refractivity contribution in [1.29, 1.82) is 0 Å². The van der Waals surface area contributed by atoms with Crippen LogP contribution in [0.25, 0.3) is 0 Å². The first kappa shape index (κ1) is 14.1. The molecule has 0 spiro atoms. The SMILES string of the molecule is O=C(CC1(C(=O)O)CCCC1)NC1(C(F)(F)F)CC1. The Morgan fingerprint density at radius 1 is 1.11 bits per heavy atom. The van der Waals surface area contributed by atoms with Gasteiger partial charge in [0.15, 0.2) is 0 Å². The molecule has 2 fully saturated rings. The Labute approximate surface area is 108 Å². The van der Waals surface area contributed by atoms with E-state index in [1.165, 1.54) is 0 Å². The molecule has 0 saturated heterocycles. The van der Waals surface area contributed by atoms with Crippen molar-refractivity contribution in [3.63, 3.8) is 0 Å². The first-order chi connectivity index (χ1) is 8.71. The Morgan fingerprint density at radius 2 is 1.63 bits per heavy atom. The molecule has 19 heavy (non-hydrogen) atoms. The molecule has 0 atom stereocenters. The zero-order valence-electron chi connectivity index (χ0n) is 10.3. The van der Waals surface area contributed by atoms with E-state index in [0.717, 1.165) is 0 Å². The van der Waals surface area contributed by atoms with Gasteiger partial charge in [0.2, 0.25) is 5.91 Å². The minimum atomic E-state index is -4.46. The molecule has 1 amide bonds. The Balaban J connectivity index is 2.00. The highest BCUT2D eigenvalue weighted by Gasteiger charge is 2.64. The van der Waals surface area contributed by atoms with E-state index in [2.05, 4.69) is 0 Å². The summed E-state index contributed by atoms with van der Waals surface area (Å²) in [6.07, 6.45) is -2.96. The van der Waals surface area contributed by atoms with Gasteiger partial charge in [-0.3, -0.25) is 9.59 Å². The van der Waals surface area contributed by atoms with Gasteiger partial charge in [0.05, 0.1) is 5.41 Å². The van der Waals surface area contributed by atoms with E-state index < -0.39 is 29.0 Å². The van der Waals surface area contributed by atoms with Crippen molar-refractivity contribution < 1.29 is 27.9 Å². The molecule has 4 nitrogen and oxygen atoms in total. The van der Waals surface area contributed by atoms with Gasteiger partial charge in [0, 0.05) is 6.42 Å². The van der Waals surface area contributed by atoms with Gasteiger partial charge in [-0.1, -0.05) is 12.8 Å². The second-order valence-corrected chi connectivity index (χ2v) is 5.60. The number of alkyl halides is 3. The van der Waals surface area contributed by atoms with Crippen LogP contribution in [0, 0.1) is 5.41 Å². The zero-order valence-corrected chi connectivity index (χ0v) is 10.3. The second kappa shape index (κ2) is 4.38. The maximum atomic E-state index is 12.7. The van der Waals surface area contributed by atoms with E-state index in [0.29, 0.717) is 25.7 Å². The summed E-state index contributed by atoms with van der Waals surface area (Å²) in [5, 5.41) is 11.2. The maximum Gasteiger partial charge on any atom is 0.411 e. The highest BCUT2D eigenvalue weighted by atomic mass is 19.4. The molecule has 2 aliphatic rings. The summed E-state index contributed by atoms with van der Waals surface area (Å²) < 4.78 is 38.1. The fourth-order valence-corrected chi connectivity index (χ4v) is 2.74. The first-order valence-electron chi connectivity index (χ1n) is 6.32. The number of carboxylic acid groups (broad SMARTS) is 1. The summed E-state index contributed by atoms with van der Waals surface area (Å²) in [5.74, 6) is -1.89. The quantitative estimate of drug-likeness (QED) is 0.829. The largest absolute Gasteiger partial charge is 0.481 e. The fraction of sp³-hybridized carbons (Fsp3) is 0.833. The molecule has 0 aliphatic heterocycles. The van der Waals surface area contributed by atoms with Gasteiger partial charge in [-0.25, -0.2) is 0 Å². The number of carbonyl (C=O) groups excluding carboxylic acids is 1. The molecular weight excluding hydrogens is 263 g/mol. The molecule has 0 heterocycles. The van der Waals surface area contributed by atoms with Crippen LogP contribution in [0.1, 0.15) is 44.9 Å². The Kier molecular flexibility index (Phi) is 3.26. The van der Waals surface area contributed by atoms with Crippen molar-refractivity contribution in [1.82, 2.24) is 5.32 Å². The molecular formula is C12H16F3NO3. The lowest BCUT2D eigenvalue weighted by atomic mass is 9.82. The molecule has 0 aromatic heterocycles. The second-order valence-electron chi connectivity index (χ2n) is 5.60. The van der Waals surface area contributed by atoms with Crippen molar-refractivity contribution in [2.45, 2.75) is 56.7 Å². The average molecular weight is 279 g/mol. The van der Waals surface area contributed by atoms with Crippen molar-refractivity contribution in [2.24, 2.45) is 5.41 Å². The number of hydrogen-bond acceptors (Lipinski definition) is 2. The molecule has 0 aromatic rings. The maximum absolute atomic E-state index is 12.7. The lowest BCUT2D eigenvalue weighted by Crippen LogP contribution is -2.49. The van der Waals surface area contributed by atoms with Gasteiger partial charge in [-0.05, 0) is 25.7 Å². The summed E-state index contributed by atoms with van der Waals surface area (Å²) in [7, 11) is 0. The average Bonchev–Trinajstić information content (AvgIpc) is 2.89. The van der Waals surface area contributed by atoms with E-state index in [1.807, 2.05) is 5.32 Å². The fourth-order valence-electron chi connectivity index (χ4n) is 2.74. The number of aliphatic carboxylic acids is 1. The van der Waals surface area contributed by atoms with Crippen LogP contribution in [0.5, 0.6) is 0 Å². The van der Waals surface area contributed by atoms with Crippen LogP contribution < -0.4 is 5.32 Å². The van der Waals surface area contributed by atoms with Gasteiger partial charge in [-0.2, -0.15) is 13.2 Å². The van der Waals surface area contributed by atoms with Crippen molar-refractivity contribution in [2.75, 3.05) is 0 Å². The van der Waals surface area contributed by atoms with Gasteiger partial charge < -0.3 is 10.4 Å². The molecule has 0 unspecified atom stereocenters. The third-order valence-corrected chi connectivity index (χ3v) is 4.18. The molecule has 2 N–H and O–H groups in total. The number of hydrogen-bond donors (Lipinski definition) is 2. The standard InChI is InChI=1S/C12H16F3NO3/c13-12(14,15)11(5-6-11)16-8(17)7-10(9(18)19)3-1-2-4-10/h1-7H2,(H,16,17)(H,18,19). The van der Waals surface area contributed by atoms with Gasteiger partial charge in [0.1, 0.15) is 5.54 Å². The lowest BCUT2D eigenvalue weighted by molar-refractivity contribution is -0.171. The van der Waals surface area contributed by atoms with E-state index >= 15 is 0 Å². The van der Waals surface area contributed by atoms with Crippen LogP contribution in [-0.4, -0.2) is 28.7 Å². The molecule has 0 radical (unpaired) electrons. The van der Waals surface area contributed by atoms with Crippen molar-refractivity contribution in [3.8, 4) is 0 Å². The lowest BCUT2D eigenvalue weighted by Gasteiger charge is -2.26. The predicted molar refractivity (Wildman–Crippen MR) is 59.3 cm³/mol. The minimum Gasteiger partial charge on any atom is -0.481 e. The van der Waals surface area contributed by atoms with Crippen molar-refractivity contribution in [3.05, 3.63) is 0 Å². The van der Waals surface area contributed by atoms with Crippen LogP contribution in [0.3, 0.4) is 0 Å². The monoisotopic (exact) mass is 279 g/mol.